The van der Waals surface area contributed by atoms with Crippen LogP contribution in [-0.4, -0.2) is 19.8 Å². The van der Waals surface area contributed by atoms with Crippen LogP contribution >= 0.6 is 15.9 Å². The quantitative estimate of drug-likeness (QED) is 0.914. The second kappa shape index (κ2) is 5.74. The molecule has 0 fully saturated rings. The Labute approximate surface area is 98.2 Å². The Morgan fingerprint density at radius 2 is 2.33 bits per heavy atom. The molecule has 1 N–H and O–H groups in total. The van der Waals surface area contributed by atoms with Crippen molar-refractivity contribution < 1.29 is 4.74 Å². The van der Waals surface area contributed by atoms with E-state index in [4.69, 9.17) is 10.00 Å². The molecule has 4 heteroatoms. The summed E-state index contributed by atoms with van der Waals surface area (Å²) in [5.41, 5.74) is 1.46. The summed E-state index contributed by atoms with van der Waals surface area (Å²) in [5.74, 6) is 0. The molecule has 0 aliphatic rings. The molecule has 0 amide bonds. The van der Waals surface area contributed by atoms with Crippen molar-refractivity contribution in [2.24, 2.45) is 0 Å². The van der Waals surface area contributed by atoms with Gasteiger partial charge < -0.3 is 10.1 Å². The summed E-state index contributed by atoms with van der Waals surface area (Å²) in [6, 6.07) is 7.97. The van der Waals surface area contributed by atoms with Gasteiger partial charge in [-0.1, -0.05) is 6.07 Å². The second-order valence-electron chi connectivity index (χ2n) is 3.27. The van der Waals surface area contributed by atoms with Gasteiger partial charge in [-0.25, -0.2) is 0 Å². The van der Waals surface area contributed by atoms with Gasteiger partial charge in [0.25, 0.3) is 0 Å². The van der Waals surface area contributed by atoms with Crippen molar-refractivity contribution in [2.45, 2.75) is 13.0 Å². The van der Waals surface area contributed by atoms with E-state index in [1.165, 1.54) is 0 Å². The fraction of sp³-hybridized carbons (Fsp3) is 0.364. The maximum Gasteiger partial charge on any atom is 0.103 e. The third-order valence-electron chi connectivity index (χ3n) is 1.94. The van der Waals surface area contributed by atoms with E-state index < -0.39 is 0 Å². The lowest BCUT2D eigenvalue weighted by Crippen LogP contribution is -2.21. The van der Waals surface area contributed by atoms with Crippen LogP contribution in [0.2, 0.25) is 0 Å². The van der Waals surface area contributed by atoms with Crippen LogP contribution in [0.25, 0.3) is 0 Å². The van der Waals surface area contributed by atoms with Crippen LogP contribution < -0.4 is 5.32 Å². The molecule has 80 valence electrons. The van der Waals surface area contributed by atoms with Gasteiger partial charge in [0.15, 0.2) is 0 Å². The van der Waals surface area contributed by atoms with Crippen LogP contribution in [0.3, 0.4) is 0 Å². The minimum Gasteiger partial charge on any atom is -0.383 e. The molecule has 1 aromatic carbocycles. The van der Waals surface area contributed by atoms with E-state index in [2.05, 4.69) is 27.3 Å². The molecule has 0 saturated carbocycles. The van der Waals surface area contributed by atoms with Crippen molar-refractivity contribution in [3.05, 3.63) is 28.2 Å². The highest BCUT2D eigenvalue weighted by Gasteiger charge is 2.08. The van der Waals surface area contributed by atoms with Crippen molar-refractivity contribution in [1.82, 2.24) is 0 Å². The van der Waals surface area contributed by atoms with Crippen molar-refractivity contribution in [3.63, 3.8) is 0 Å². The summed E-state index contributed by atoms with van der Waals surface area (Å²) < 4.78 is 5.83. The number of halogens is 1. The minimum atomic E-state index is 0.177. The van der Waals surface area contributed by atoms with E-state index in [1.54, 1.807) is 7.11 Å². The smallest absolute Gasteiger partial charge is 0.103 e. The molecule has 1 unspecified atom stereocenters. The van der Waals surface area contributed by atoms with Crippen LogP contribution in [0.5, 0.6) is 0 Å². The highest BCUT2D eigenvalue weighted by Crippen LogP contribution is 2.24. The van der Waals surface area contributed by atoms with E-state index in [0.717, 1.165) is 10.2 Å². The molecule has 0 aliphatic carbocycles. The van der Waals surface area contributed by atoms with E-state index in [-0.39, 0.29) is 6.04 Å². The predicted molar refractivity (Wildman–Crippen MR) is 63.8 cm³/mol. The Morgan fingerprint density at radius 1 is 1.60 bits per heavy atom. The topological polar surface area (TPSA) is 45.0 Å². The average molecular weight is 269 g/mol. The van der Waals surface area contributed by atoms with Crippen LogP contribution in [0.1, 0.15) is 12.5 Å². The lowest BCUT2D eigenvalue weighted by Gasteiger charge is -2.15. The van der Waals surface area contributed by atoms with E-state index >= 15 is 0 Å². The molecule has 1 aromatic rings. The van der Waals surface area contributed by atoms with Crippen molar-refractivity contribution in [3.8, 4) is 6.07 Å². The Kier molecular flexibility index (Phi) is 4.60. The lowest BCUT2D eigenvalue weighted by atomic mass is 10.2. The standard InChI is InChI=1S/C11H13BrN2O/c1-8(7-15-2)14-11-5-3-4-10(12)9(11)6-13/h3-5,8,14H,7H2,1-2H3. The molecular formula is C11H13BrN2O. The highest BCUT2D eigenvalue weighted by molar-refractivity contribution is 9.10. The number of nitrogens with zero attached hydrogens (tertiary/aromatic N) is 1. The van der Waals surface area contributed by atoms with Gasteiger partial charge in [-0.3, -0.25) is 0 Å². The molecule has 1 atom stereocenters. The van der Waals surface area contributed by atoms with Crippen LogP contribution in [0.15, 0.2) is 22.7 Å². The molecule has 0 saturated heterocycles. The number of anilines is 1. The Bertz CT molecular complexity index is 373. The SMILES string of the molecule is COCC(C)Nc1cccc(Br)c1C#N. The predicted octanol–water partition coefficient (Wildman–Crippen LogP) is 2.77. The van der Waals surface area contributed by atoms with Gasteiger partial charge in [-0.2, -0.15) is 5.26 Å². The number of hydrogen-bond acceptors (Lipinski definition) is 3. The molecule has 3 nitrogen and oxygen atoms in total. The monoisotopic (exact) mass is 268 g/mol. The fourth-order valence-electron chi connectivity index (χ4n) is 1.32. The number of rotatable bonds is 4. The van der Waals surface area contributed by atoms with Gasteiger partial charge in [-0.05, 0) is 35.0 Å². The minimum absolute atomic E-state index is 0.177. The first-order valence-electron chi connectivity index (χ1n) is 4.63. The third-order valence-corrected chi connectivity index (χ3v) is 2.60. The summed E-state index contributed by atoms with van der Waals surface area (Å²) in [7, 11) is 1.66. The maximum atomic E-state index is 8.99. The molecule has 0 aromatic heterocycles. The third kappa shape index (κ3) is 3.22. The highest BCUT2D eigenvalue weighted by atomic mass is 79.9. The molecular weight excluding hydrogens is 256 g/mol. The van der Waals surface area contributed by atoms with Crippen LogP contribution in [0.4, 0.5) is 5.69 Å². The van der Waals surface area contributed by atoms with Crippen molar-refractivity contribution >= 4 is 21.6 Å². The van der Waals surface area contributed by atoms with Gasteiger partial charge in [0.05, 0.1) is 17.9 Å². The summed E-state index contributed by atoms with van der Waals surface area (Å²) in [4.78, 5) is 0. The number of benzene rings is 1. The summed E-state index contributed by atoms with van der Waals surface area (Å²) in [5, 5.41) is 12.2. The van der Waals surface area contributed by atoms with Crippen LogP contribution in [0, 0.1) is 11.3 Å². The summed E-state index contributed by atoms with van der Waals surface area (Å²) in [6.07, 6.45) is 0. The second-order valence-corrected chi connectivity index (χ2v) is 4.13. The molecule has 0 bridgehead atoms. The molecule has 0 spiro atoms. The lowest BCUT2D eigenvalue weighted by molar-refractivity contribution is 0.190. The van der Waals surface area contributed by atoms with Gasteiger partial charge in [0.2, 0.25) is 0 Å². The molecule has 0 radical (unpaired) electrons. The molecule has 0 aliphatic heterocycles. The van der Waals surface area contributed by atoms with Gasteiger partial charge in [0, 0.05) is 17.6 Å². The zero-order valence-electron chi connectivity index (χ0n) is 8.75. The Hall–Kier alpha value is -1.05. The summed E-state index contributed by atoms with van der Waals surface area (Å²) >= 11 is 3.34. The van der Waals surface area contributed by atoms with E-state index in [1.807, 2.05) is 25.1 Å². The maximum absolute atomic E-state index is 8.99. The number of ether oxygens (including phenoxy) is 1. The van der Waals surface area contributed by atoms with Crippen molar-refractivity contribution in [1.29, 1.82) is 5.26 Å². The van der Waals surface area contributed by atoms with Gasteiger partial charge >= 0.3 is 0 Å². The largest absolute Gasteiger partial charge is 0.383 e. The first-order valence-corrected chi connectivity index (χ1v) is 5.42. The zero-order chi connectivity index (χ0) is 11.3. The van der Waals surface area contributed by atoms with E-state index in [0.29, 0.717) is 12.2 Å². The van der Waals surface area contributed by atoms with Crippen molar-refractivity contribution in [2.75, 3.05) is 19.0 Å². The Morgan fingerprint density at radius 3 is 2.93 bits per heavy atom. The van der Waals surface area contributed by atoms with Gasteiger partial charge in [0.1, 0.15) is 6.07 Å². The number of nitrogens with one attached hydrogen (secondary N) is 1. The molecule has 15 heavy (non-hydrogen) atoms. The molecule has 1 rings (SSSR count). The zero-order valence-corrected chi connectivity index (χ0v) is 10.3. The average Bonchev–Trinajstić information content (AvgIpc) is 2.18. The Balaban J connectivity index is 2.86. The van der Waals surface area contributed by atoms with Gasteiger partial charge in [-0.15, -0.1) is 0 Å². The number of methoxy groups -OCH3 is 1. The first kappa shape index (κ1) is 12.0. The van der Waals surface area contributed by atoms with E-state index in [9.17, 15) is 0 Å². The molecule has 0 heterocycles. The number of nitriles is 1. The number of hydrogen-bond donors (Lipinski definition) is 1. The summed E-state index contributed by atoms with van der Waals surface area (Å²) in [6.45, 7) is 2.61. The van der Waals surface area contributed by atoms with Crippen LogP contribution in [-0.2, 0) is 4.74 Å². The normalized spacial score (nSPS) is 11.9. The first-order chi connectivity index (χ1) is 7.19. The fourth-order valence-corrected chi connectivity index (χ4v) is 1.77.